The molecule has 5 nitrogen and oxygen atoms in total. The Morgan fingerprint density at radius 1 is 1.33 bits per heavy atom. The van der Waals surface area contributed by atoms with E-state index in [4.69, 9.17) is 9.84 Å². The van der Waals surface area contributed by atoms with Crippen LogP contribution in [0, 0.1) is 0 Å². The van der Waals surface area contributed by atoms with E-state index in [0.717, 1.165) is 0 Å². The smallest absolute Gasteiger partial charge is 0.408 e. The molecule has 1 saturated heterocycles. The maximum atomic E-state index is 14.4. The Labute approximate surface area is 119 Å². The van der Waals surface area contributed by atoms with Crippen molar-refractivity contribution in [3.8, 4) is 5.75 Å². The molecular weight excluding hydrogens is 284 g/mol. The highest BCUT2D eigenvalue weighted by Crippen LogP contribution is 2.57. The molecule has 0 radical (unpaired) electrons. The second-order valence-electron chi connectivity index (χ2n) is 5.38. The fourth-order valence-corrected chi connectivity index (χ4v) is 3.28. The molecule has 1 aromatic rings. The van der Waals surface area contributed by atoms with Crippen molar-refractivity contribution in [2.45, 2.75) is 31.0 Å². The molecule has 0 saturated carbocycles. The molecule has 0 atom stereocenters. The number of hydrogen-bond acceptors (Lipinski definition) is 4. The zero-order valence-corrected chi connectivity index (χ0v) is 11.2. The number of fused-ring (bicyclic) bond motifs is 2. The second-order valence-corrected chi connectivity index (χ2v) is 5.38. The molecule has 7 heteroatoms. The van der Waals surface area contributed by atoms with E-state index in [2.05, 4.69) is 5.32 Å². The minimum atomic E-state index is -3.40. The van der Waals surface area contributed by atoms with Crippen molar-refractivity contribution in [3.05, 3.63) is 28.8 Å². The third kappa shape index (κ3) is 1.84. The van der Waals surface area contributed by atoms with Gasteiger partial charge < -0.3 is 20.3 Å². The Morgan fingerprint density at radius 2 is 2.00 bits per heavy atom. The molecule has 2 aliphatic rings. The van der Waals surface area contributed by atoms with Crippen LogP contribution in [0.4, 0.5) is 8.78 Å². The van der Waals surface area contributed by atoms with Gasteiger partial charge in [-0.15, -0.1) is 0 Å². The average Bonchev–Trinajstić information content (AvgIpc) is 2.66. The number of carboxylic acids is 1. The number of aliphatic hydroxyl groups excluding tert-OH is 1. The molecule has 2 aliphatic heterocycles. The first-order valence-electron chi connectivity index (χ1n) is 6.71. The summed E-state index contributed by atoms with van der Waals surface area (Å²) in [6.07, 6.45) is -3.01. The standard InChI is InChI=1S/C14H15F2NO4/c15-14(16)13(3-5-17-6-4-13)10-2-1-8(12(19)20)9(7-18)11(10)21-14/h1-2,17-18H,3-7H2,(H,19,20). The number of benzene rings is 1. The first kappa shape index (κ1) is 14.2. The average molecular weight is 299 g/mol. The van der Waals surface area contributed by atoms with Crippen LogP contribution >= 0.6 is 0 Å². The fraction of sp³-hybridized carbons (Fsp3) is 0.500. The summed E-state index contributed by atoms with van der Waals surface area (Å²) < 4.78 is 33.7. The molecule has 0 bridgehead atoms. The first-order valence-corrected chi connectivity index (χ1v) is 6.71. The van der Waals surface area contributed by atoms with Gasteiger partial charge in [-0.05, 0) is 32.0 Å². The van der Waals surface area contributed by atoms with E-state index in [1.54, 1.807) is 0 Å². The summed E-state index contributed by atoms with van der Waals surface area (Å²) in [7, 11) is 0. The van der Waals surface area contributed by atoms with Crippen molar-refractivity contribution in [1.29, 1.82) is 0 Å². The van der Waals surface area contributed by atoms with Gasteiger partial charge in [-0.2, -0.15) is 8.78 Å². The number of ether oxygens (including phenoxy) is 1. The lowest BCUT2D eigenvalue weighted by Crippen LogP contribution is -2.50. The van der Waals surface area contributed by atoms with Gasteiger partial charge in [-0.1, -0.05) is 6.07 Å². The second kappa shape index (κ2) is 4.64. The molecule has 114 valence electrons. The first-order chi connectivity index (χ1) is 9.93. The molecule has 1 aromatic carbocycles. The summed E-state index contributed by atoms with van der Waals surface area (Å²) in [5.41, 5.74) is -1.45. The van der Waals surface area contributed by atoms with Gasteiger partial charge in [-0.25, -0.2) is 4.79 Å². The number of rotatable bonds is 2. The monoisotopic (exact) mass is 299 g/mol. The predicted octanol–water partition coefficient (Wildman–Crippen LogP) is 1.48. The quantitative estimate of drug-likeness (QED) is 0.771. The number of hydrogen-bond donors (Lipinski definition) is 3. The van der Waals surface area contributed by atoms with E-state index in [1.807, 2.05) is 0 Å². The Bertz CT molecular complexity index is 597. The molecule has 0 aromatic heterocycles. The summed E-state index contributed by atoms with van der Waals surface area (Å²) >= 11 is 0. The van der Waals surface area contributed by atoms with Crippen molar-refractivity contribution in [2.24, 2.45) is 0 Å². The SMILES string of the molecule is O=C(O)c1ccc2c(c1CO)OC(F)(F)C21CCNCC1. The van der Waals surface area contributed by atoms with Gasteiger partial charge in [0.2, 0.25) is 0 Å². The molecule has 0 unspecified atom stereocenters. The largest absolute Gasteiger partial charge is 0.478 e. The highest BCUT2D eigenvalue weighted by Gasteiger charge is 2.63. The minimum Gasteiger partial charge on any atom is -0.478 e. The van der Waals surface area contributed by atoms with Crippen molar-refractivity contribution in [2.75, 3.05) is 13.1 Å². The molecule has 1 fully saturated rings. The van der Waals surface area contributed by atoms with Crippen molar-refractivity contribution in [1.82, 2.24) is 5.32 Å². The molecule has 3 N–H and O–H groups in total. The normalized spacial score (nSPS) is 21.9. The van der Waals surface area contributed by atoms with Gasteiger partial charge in [0.1, 0.15) is 11.2 Å². The molecule has 21 heavy (non-hydrogen) atoms. The maximum absolute atomic E-state index is 14.4. The molecule has 0 amide bonds. The Morgan fingerprint density at radius 3 is 2.57 bits per heavy atom. The number of nitrogens with one attached hydrogen (secondary N) is 1. The number of carbonyl (C=O) groups is 1. The summed E-state index contributed by atoms with van der Waals surface area (Å²) in [6, 6.07) is 2.66. The van der Waals surface area contributed by atoms with Crippen LogP contribution in [0.1, 0.15) is 34.3 Å². The van der Waals surface area contributed by atoms with Crippen LogP contribution in [0.25, 0.3) is 0 Å². The zero-order chi connectivity index (χ0) is 15.3. The maximum Gasteiger partial charge on any atom is 0.408 e. The van der Waals surface area contributed by atoms with Crippen molar-refractivity contribution >= 4 is 5.97 Å². The summed E-state index contributed by atoms with van der Waals surface area (Å²) in [5.74, 6) is -1.45. The summed E-state index contributed by atoms with van der Waals surface area (Å²) in [4.78, 5) is 11.1. The van der Waals surface area contributed by atoms with Crippen molar-refractivity contribution in [3.63, 3.8) is 0 Å². The van der Waals surface area contributed by atoms with E-state index in [0.29, 0.717) is 18.7 Å². The molecule has 3 rings (SSSR count). The number of carboxylic acid groups (broad SMARTS) is 1. The van der Waals surface area contributed by atoms with Crippen LogP contribution in [-0.2, 0) is 12.0 Å². The lowest BCUT2D eigenvalue weighted by atomic mass is 9.72. The Kier molecular flexibility index (Phi) is 3.14. The number of halogens is 2. The van der Waals surface area contributed by atoms with E-state index >= 15 is 0 Å². The summed E-state index contributed by atoms with van der Waals surface area (Å²) in [6.45, 7) is 0.219. The van der Waals surface area contributed by atoms with Crippen LogP contribution in [0.2, 0.25) is 0 Å². The number of aliphatic hydroxyl groups is 1. The van der Waals surface area contributed by atoms with Crippen LogP contribution in [0.3, 0.4) is 0 Å². The van der Waals surface area contributed by atoms with Gasteiger partial charge >= 0.3 is 12.1 Å². The Hall–Kier alpha value is -1.73. The minimum absolute atomic E-state index is 0.0879. The predicted molar refractivity (Wildman–Crippen MR) is 68.7 cm³/mol. The zero-order valence-electron chi connectivity index (χ0n) is 11.2. The number of piperidine rings is 1. The van der Waals surface area contributed by atoms with Crippen molar-refractivity contribution < 1.29 is 28.5 Å². The molecule has 0 aliphatic carbocycles. The van der Waals surface area contributed by atoms with Gasteiger partial charge in [-0.3, -0.25) is 0 Å². The molecule has 1 spiro atoms. The topological polar surface area (TPSA) is 78.8 Å². The third-order valence-corrected chi connectivity index (χ3v) is 4.41. The number of aromatic carboxylic acids is 1. The van der Waals surface area contributed by atoms with Gasteiger partial charge in [0, 0.05) is 11.1 Å². The van der Waals surface area contributed by atoms with Crippen LogP contribution in [0.5, 0.6) is 5.75 Å². The fourth-order valence-electron chi connectivity index (χ4n) is 3.28. The third-order valence-electron chi connectivity index (χ3n) is 4.41. The lowest BCUT2D eigenvalue weighted by Gasteiger charge is -2.36. The van der Waals surface area contributed by atoms with Crippen LogP contribution in [0.15, 0.2) is 12.1 Å². The van der Waals surface area contributed by atoms with Crippen LogP contribution < -0.4 is 10.1 Å². The van der Waals surface area contributed by atoms with E-state index in [-0.39, 0.29) is 29.7 Å². The molecule has 2 heterocycles. The van der Waals surface area contributed by atoms with Crippen LogP contribution in [-0.4, -0.2) is 35.4 Å². The molecular formula is C14H15F2NO4. The lowest BCUT2D eigenvalue weighted by molar-refractivity contribution is -0.217. The van der Waals surface area contributed by atoms with E-state index in [9.17, 15) is 18.7 Å². The van der Waals surface area contributed by atoms with Gasteiger partial charge in [0.25, 0.3) is 0 Å². The highest BCUT2D eigenvalue weighted by molar-refractivity contribution is 5.90. The van der Waals surface area contributed by atoms with E-state index in [1.165, 1.54) is 12.1 Å². The Balaban J connectivity index is 2.20. The van der Waals surface area contributed by atoms with Gasteiger partial charge in [0.15, 0.2) is 0 Å². The van der Waals surface area contributed by atoms with E-state index < -0.39 is 24.1 Å². The van der Waals surface area contributed by atoms with Gasteiger partial charge in [0.05, 0.1) is 12.2 Å². The number of alkyl halides is 2. The summed E-state index contributed by atoms with van der Waals surface area (Å²) in [5, 5.41) is 21.5. The highest BCUT2D eigenvalue weighted by atomic mass is 19.3.